The molecule has 0 aromatic heterocycles. The number of nitrogens with zero attached hydrogens (tertiary/aromatic N) is 1. The molecule has 2 N–H and O–H groups in total. The first-order valence-electron chi connectivity index (χ1n) is 6.48. The van der Waals surface area contributed by atoms with Crippen LogP contribution in [0.2, 0.25) is 0 Å². The third kappa shape index (κ3) is 3.78. The van der Waals surface area contributed by atoms with E-state index in [2.05, 4.69) is 0 Å². The highest BCUT2D eigenvalue weighted by atomic mass is 19.1. The van der Waals surface area contributed by atoms with E-state index in [1.165, 1.54) is 11.0 Å². The van der Waals surface area contributed by atoms with E-state index in [-0.39, 0.29) is 17.9 Å². The van der Waals surface area contributed by atoms with E-state index in [1.807, 2.05) is 6.07 Å². The third-order valence-electron chi connectivity index (χ3n) is 3.19. The van der Waals surface area contributed by atoms with Gasteiger partial charge >= 0.3 is 0 Å². The first-order chi connectivity index (χ1) is 9.97. The number of anilines is 1. The lowest BCUT2D eigenvalue weighted by Gasteiger charge is -2.18. The molecule has 110 valence electrons. The van der Waals surface area contributed by atoms with Gasteiger partial charge in [0.15, 0.2) is 0 Å². The zero-order valence-corrected chi connectivity index (χ0v) is 11.6. The Labute approximate surface area is 122 Å². The normalized spacial score (nSPS) is 10.4. The summed E-state index contributed by atoms with van der Waals surface area (Å²) < 4.78 is 27.1. The van der Waals surface area contributed by atoms with E-state index in [1.54, 1.807) is 25.2 Å². The van der Waals surface area contributed by atoms with Gasteiger partial charge in [-0.05, 0) is 29.8 Å². The Balaban J connectivity index is 2.06. The highest BCUT2D eigenvalue weighted by Gasteiger charge is 2.16. The SMILES string of the molecule is CN(Cc1cccc(N)c1)C(=O)Cc1c(F)cccc1F. The number of benzene rings is 2. The maximum Gasteiger partial charge on any atom is 0.227 e. The van der Waals surface area contributed by atoms with Crippen LogP contribution >= 0.6 is 0 Å². The molecule has 2 aromatic rings. The minimum absolute atomic E-state index is 0.207. The second kappa shape index (κ2) is 6.35. The largest absolute Gasteiger partial charge is 0.399 e. The zero-order valence-electron chi connectivity index (χ0n) is 11.6. The molecule has 0 saturated heterocycles. The van der Waals surface area contributed by atoms with Crippen LogP contribution in [0.25, 0.3) is 0 Å². The fourth-order valence-corrected chi connectivity index (χ4v) is 2.04. The number of carbonyl (C=O) groups is 1. The van der Waals surface area contributed by atoms with Gasteiger partial charge in [0.05, 0.1) is 6.42 Å². The van der Waals surface area contributed by atoms with Crippen molar-refractivity contribution < 1.29 is 13.6 Å². The molecule has 0 radical (unpaired) electrons. The summed E-state index contributed by atoms with van der Waals surface area (Å²) in [5, 5.41) is 0. The molecule has 0 spiro atoms. The van der Waals surface area contributed by atoms with Crippen LogP contribution in [0.3, 0.4) is 0 Å². The molecule has 0 bridgehead atoms. The number of nitrogen functional groups attached to an aromatic ring is 1. The van der Waals surface area contributed by atoms with E-state index in [4.69, 9.17) is 5.73 Å². The fraction of sp³-hybridized carbons (Fsp3) is 0.188. The molecule has 2 aromatic carbocycles. The molecule has 0 fully saturated rings. The Kier molecular flexibility index (Phi) is 4.52. The van der Waals surface area contributed by atoms with Gasteiger partial charge in [0, 0.05) is 24.8 Å². The van der Waals surface area contributed by atoms with Crippen LogP contribution in [-0.4, -0.2) is 17.9 Å². The van der Waals surface area contributed by atoms with E-state index in [0.29, 0.717) is 12.2 Å². The average molecular weight is 290 g/mol. The summed E-state index contributed by atoms with van der Waals surface area (Å²) in [6.45, 7) is 0.333. The summed E-state index contributed by atoms with van der Waals surface area (Å²) >= 11 is 0. The quantitative estimate of drug-likeness (QED) is 0.880. The van der Waals surface area contributed by atoms with E-state index < -0.39 is 11.6 Å². The van der Waals surface area contributed by atoms with E-state index >= 15 is 0 Å². The Morgan fingerprint density at radius 2 is 1.76 bits per heavy atom. The number of nitrogens with two attached hydrogens (primary N) is 1. The molecule has 0 unspecified atom stereocenters. The fourth-order valence-electron chi connectivity index (χ4n) is 2.04. The summed E-state index contributed by atoms with van der Waals surface area (Å²) in [5.41, 5.74) is 6.93. The predicted molar refractivity (Wildman–Crippen MR) is 77.4 cm³/mol. The Morgan fingerprint density at radius 1 is 1.14 bits per heavy atom. The Bertz CT molecular complexity index is 638. The summed E-state index contributed by atoms with van der Waals surface area (Å²) in [5.74, 6) is -1.78. The molecular formula is C16H16F2N2O. The maximum absolute atomic E-state index is 13.5. The van der Waals surface area contributed by atoms with Gasteiger partial charge < -0.3 is 10.6 Å². The van der Waals surface area contributed by atoms with Gasteiger partial charge in [-0.15, -0.1) is 0 Å². The molecule has 0 aliphatic rings. The predicted octanol–water partition coefficient (Wildman–Crippen LogP) is 2.75. The van der Waals surface area contributed by atoms with Crippen molar-refractivity contribution in [3.05, 3.63) is 65.2 Å². The second-order valence-corrected chi connectivity index (χ2v) is 4.87. The molecule has 0 heterocycles. The first kappa shape index (κ1) is 15.0. The number of amides is 1. The number of likely N-dealkylation sites (N-methyl/N-ethyl adjacent to an activating group) is 1. The highest BCUT2D eigenvalue weighted by Crippen LogP contribution is 2.15. The maximum atomic E-state index is 13.5. The lowest BCUT2D eigenvalue weighted by atomic mass is 10.1. The van der Waals surface area contributed by atoms with Crippen LogP contribution in [-0.2, 0) is 17.8 Å². The molecule has 1 amide bonds. The molecule has 0 saturated carbocycles. The topological polar surface area (TPSA) is 46.3 Å². The first-order valence-corrected chi connectivity index (χ1v) is 6.48. The Morgan fingerprint density at radius 3 is 2.38 bits per heavy atom. The van der Waals surface area contributed by atoms with Gasteiger partial charge in [-0.25, -0.2) is 8.78 Å². The van der Waals surface area contributed by atoms with Gasteiger partial charge in [-0.3, -0.25) is 4.79 Å². The number of rotatable bonds is 4. The van der Waals surface area contributed by atoms with Crippen LogP contribution in [0.4, 0.5) is 14.5 Å². The number of halogens is 2. The van der Waals surface area contributed by atoms with Crippen molar-refractivity contribution in [1.82, 2.24) is 4.90 Å². The van der Waals surface area contributed by atoms with Gasteiger partial charge in [0.25, 0.3) is 0 Å². The molecular weight excluding hydrogens is 274 g/mol. The number of hydrogen-bond acceptors (Lipinski definition) is 2. The van der Waals surface area contributed by atoms with Crippen molar-refractivity contribution in [2.24, 2.45) is 0 Å². The standard InChI is InChI=1S/C16H16F2N2O/c1-20(10-11-4-2-5-12(19)8-11)16(21)9-13-14(17)6-3-7-15(13)18/h2-8H,9-10,19H2,1H3. The summed E-state index contributed by atoms with van der Waals surface area (Å²) in [7, 11) is 1.59. The zero-order chi connectivity index (χ0) is 15.4. The summed E-state index contributed by atoms with van der Waals surface area (Å²) in [6.07, 6.45) is -0.308. The number of carbonyl (C=O) groups excluding carboxylic acids is 1. The van der Waals surface area contributed by atoms with Crippen LogP contribution < -0.4 is 5.73 Å². The molecule has 2 rings (SSSR count). The molecule has 0 aliphatic carbocycles. The van der Waals surface area contributed by atoms with E-state index in [9.17, 15) is 13.6 Å². The minimum Gasteiger partial charge on any atom is -0.399 e. The van der Waals surface area contributed by atoms with Crippen molar-refractivity contribution >= 4 is 11.6 Å². The molecule has 5 heteroatoms. The van der Waals surface area contributed by atoms with Crippen LogP contribution in [0.5, 0.6) is 0 Å². The van der Waals surface area contributed by atoms with Crippen molar-refractivity contribution in [2.45, 2.75) is 13.0 Å². The Hall–Kier alpha value is -2.43. The van der Waals surface area contributed by atoms with Gasteiger partial charge in [0.1, 0.15) is 11.6 Å². The lowest BCUT2D eigenvalue weighted by Crippen LogP contribution is -2.28. The van der Waals surface area contributed by atoms with Crippen molar-refractivity contribution in [1.29, 1.82) is 0 Å². The smallest absolute Gasteiger partial charge is 0.227 e. The van der Waals surface area contributed by atoms with Crippen molar-refractivity contribution in [3.8, 4) is 0 Å². The van der Waals surface area contributed by atoms with Crippen molar-refractivity contribution in [3.63, 3.8) is 0 Å². The number of hydrogen-bond donors (Lipinski definition) is 1. The van der Waals surface area contributed by atoms with Crippen LogP contribution in [0.1, 0.15) is 11.1 Å². The van der Waals surface area contributed by atoms with Gasteiger partial charge in [0.2, 0.25) is 5.91 Å². The minimum atomic E-state index is -0.708. The monoisotopic (exact) mass is 290 g/mol. The second-order valence-electron chi connectivity index (χ2n) is 4.87. The molecule has 0 aliphatic heterocycles. The summed E-state index contributed by atoms with van der Waals surface area (Å²) in [6, 6.07) is 10.7. The molecule has 0 atom stereocenters. The molecule has 3 nitrogen and oxygen atoms in total. The van der Waals surface area contributed by atoms with Gasteiger partial charge in [-0.2, -0.15) is 0 Å². The highest BCUT2D eigenvalue weighted by molar-refractivity contribution is 5.78. The molecule has 21 heavy (non-hydrogen) atoms. The third-order valence-corrected chi connectivity index (χ3v) is 3.19. The summed E-state index contributed by atoms with van der Waals surface area (Å²) in [4.78, 5) is 13.5. The average Bonchev–Trinajstić information content (AvgIpc) is 2.43. The lowest BCUT2D eigenvalue weighted by molar-refractivity contribution is -0.129. The van der Waals surface area contributed by atoms with Crippen LogP contribution in [0, 0.1) is 11.6 Å². The van der Waals surface area contributed by atoms with Crippen molar-refractivity contribution in [2.75, 3.05) is 12.8 Å². The van der Waals surface area contributed by atoms with Gasteiger partial charge in [-0.1, -0.05) is 18.2 Å². The van der Waals surface area contributed by atoms with E-state index in [0.717, 1.165) is 17.7 Å². The van der Waals surface area contributed by atoms with Crippen LogP contribution in [0.15, 0.2) is 42.5 Å².